The third-order valence-corrected chi connectivity index (χ3v) is 9.36. The maximum Gasteiger partial charge on any atom is 0.416 e. The average Bonchev–Trinajstić information content (AvgIpc) is 2.78. The number of halogens is 6. The first-order chi connectivity index (χ1) is 16.3. The predicted octanol–water partition coefficient (Wildman–Crippen LogP) is 7.06. The Kier molecular flexibility index (Phi) is 8.45. The molecular weight excluding hydrogens is 507 g/mol. The smallest absolute Gasteiger partial charge is 0.237 e. The fourth-order valence-electron chi connectivity index (χ4n) is 3.30. The van der Waals surface area contributed by atoms with Gasteiger partial charge in [-0.3, -0.25) is 0 Å². The zero-order chi connectivity index (χ0) is 26.0. The number of alkyl halides is 6. The first-order valence-corrected chi connectivity index (χ1v) is 13.1. The molecular formula is C25H24F6NOPS. The van der Waals surface area contributed by atoms with Gasteiger partial charge < -0.3 is 0 Å². The highest BCUT2D eigenvalue weighted by Crippen LogP contribution is 2.43. The van der Waals surface area contributed by atoms with E-state index >= 15 is 0 Å². The second kappa shape index (κ2) is 10.8. The highest BCUT2D eigenvalue weighted by atomic mass is 32.2. The van der Waals surface area contributed by atoms with E-state index in [0.717, 1.165) is 29.8 Å². The third kappa shape index (κ3) is 6.93. The van der Waals surface area contributed by atoms with Crippen LogP contribution in [0.1, 0.15) is 30.5 Å². The van der Waals surface area contributed by atoms with Crippen LogP contribution in [0.5, 0.6) is 0 Å². The molecule has 3 aromatic rings. The highest BCUT2D eigenvalue weighted by molar-refractivity contribution is 7.92. The van der Waals surface area contributed by atoms with E-state index in [9.17, 15) is 30.6 Å². The van der Waals surface area contributed by atoms with Crippen molar-refractivity contribution >= 4 is 29.7 Å². The number of benzene rings is 3. The van der Waals surface area contributed by atoms with E-state index in [0.29, 0.717) is 22.0 Å². The molecule has 0 heterocycles. The molecule has 0 spiro atoms. The molecule has 35 heavy (non-hydrogen) atoms. The van der Waals surface area contributed by atoms with Crippen molar-refractivity contribution in [1.82, 2.24) is 4.08 Å². The van der Waals surface area contributed by atoms with Crippen molar-refractivity contribution in [2.45, 2.75) is 38.0 Å². The van der Waals surface area contributed by atoms with E-state index < -0.39 is 42.5 Å². The molecule has 2 nitrogen and oxygen atoms in total. The van der Waals surface area contributed by atoms with E-state index in [4.69, 9.17) is 0 Å². The van der Waals surface area contributed by atoms with Gasteiger partial charge in [-0.05, 0) is 59.8 Å². The van der Waals surface area contributed by atoms with Gasteiger partial charge in [0.05, 0.1) is 16.0 Å². The van der Waals surface area contributed by atoms with Gasteiger partial charge in [0.15, 0.2) is 0 Å². The molecule has 0 amide bonds. The van der Waals surface area contributed by atoms with Crippen LogP contribution in [-0.4, -0.2) is 14.8 Å². The van der Waals surface area contributed by atoms with Crippen molar-refractivity contribution in [3.05, 3.63) is 89.5 Å². The van der Waals surface area contributed by atoms with Gasteiger partial charge >= 0.3 is 12.4 Å². The van der Waals surface area contributed by atoms with Crippen molar-refractivity contribution in [3.63, 3.8) is 0 Å². The Hall–Kier alpha value is -2.22. The minimum atomic E-state index is -4.53. The lowest BCUT2D eigenvalue weighted by molar-refractivity contribution is -0.138. The SMILES string of the molecule is Cc1ccc(S(=O)N(CC(C)C)P(c2ccc(C(F)(F)F)cc2)c2ccc(C(F)(F)F)cc2)cc1. The second-order valence-corrected chi connectivity index (χ2v) is 12.2. The molecule has 0 radical (unpaired) electrons. The molecule has 0 N–H and O–H groups in total. The molecule has 0 aromatic heterocycles. The molecule has 0 aliphatic heterocycles. The first kappa shape index (κ1) is 27.4. The summed E-state index contributed by atoms with van der Waals surface area (Å²) in [4.78, 5) is 0.502. The number of nitrogens with zero attached hydrogens (tertiary/aromatic N) is 1. The Balaban J connectivity index is 2.14. The minimum Gasteiger partial charge on any atom is -0.237 e. The first-order valence-electron chi connectivity index (χ1n) is 10.7. The molecule has 1 atom stereocenters. The monoisotopic (exact) mass is 531 g/mol. The maximum atomic E-state index is 13.7. The Bertz CT molecular complexity index is 1090. The molecule has 0 saturated heterocycles. The van der Waals surface area contributed by atoms with Crippen molar-refractivity contribution < 1.29 is 30.6 Å². The molecule has 0 aliphatic rings. The summed E-state index contributed by atoms with van der Waals surface area (Å²) >= 11 is 0. The van der Waals surface area contributed by atoms with Crippen molar-refractivity contribution in [2.24, 2.45) is 5.92 Å². The molecule has 0 bridgehead atoms. The van der Waals surface area contributed by atoms with Crippen LogP contribution in [0.4, 0.5) is 26.3 Å². The van der Waals surface area contributed by atoms with E-state index in [1.807, 2.05) is 20.8 Å². The molecule has 3 aromatic carbocycles. The van der Waals surface area contributed by atoms with Crippen LogP contribution >= 0.6 is 8.07 Å². The summed E-state index contributed by atoms with van der Waals surface area (Å²) in [6.45, 7) is 6.02. The highest BCUT2D eigenvalue weighted by Gasteiger charge is 2.34. The van der Waals surface area contributed by atoms with Gasteiger partial charge in [-0.1, -0.05) is 55.8 Å². The normalized spacial score (nSPS) is 13.6. The quantitative estimate of drug-likeness (QED) is 0.236. The number of hydrogen-bond acceptors (Lipinski definition) is 1. The molecule has 10 heteroatoms. The van der Waals surface area contributed by atoms with Crippen molar-refractivity contribution in [2.75, 3.05) is 6.54 Å². The Labute approximate surface area is 204 Å². The van der Waals surface area contributed by atoms with Crippen LogP contribution < -0.4 is 10.6 Å². The summed E-state index contributed by atoms with van der Waals surface area (Å²) in [5.41, 5.74) is -0.703. The largest absolute Gasteiger partial charge is 0.416 e. The second-order valence-electron chi connectivity index (χ2n) is 8.39. The van der Waals surface area contributed by atoms with E-state index in [1.165, 1.54) is 24.3 Å². The Morgan fingerprint density at radius 2 is 1.14 bits per heavy atom. The molecule has 0 fully saturated rings. The average molecular weight is 532 g/mol. The summed E-state index contributed by atoms with van der Waals surface area (Å²) in [7, 11) is -3.42. The van der Waals surface area contributed by atoms with Gasteiger partial charge in [-0.25, -0.2) is 4.21 Å². The topological polar surface area (TPSA) is 20.3 Å². The molecule has 0 saturated carbocycles. The molecule has 0 aliphatic carbocycles. The fourth-order valence-corrected chi connectivity index (χ4v) is 7.96. The van der Waals surface area contributed by atoms with Crippen LogP contribution in [0.25, 0.3) is 0 Å². The van der Waals surface area contributed by atoms with Gasteiger partial charge in [0.25, 0.3) is 0 Å². The summed E-state index contributed by atoms with van der Waals surface area (Å²) in [6, 6.07) is 16.0. The van der Waals surface area contributed by atoms with E-state index in [2.05, 4.69) is 0 Å². The maximum absolute atomic E-state index is 13.7. The van der Waals surface area contributed by atoms with Crippen LogP contribution in [0.2, 0.25) is 0 Å². The minimum absolute atomic E-state index is 0.0262. The molecule has 1 unspecified atom stereocenters. The van der Waals surface area contributed by atoms with Gasteiger partial charge in [-0.2, -0.15) is 30.4 Å². The van der Waals surface area contributed by atoms with Crippen LogP contribution in [-0.2, 0) is 23.3 Å². The van der Waals surface area contributed by atoms with E-state index in [-0.39, 0.29) is 5.92 Å². The van der Waals surface area contributed by atoms with Gasteiger partial charge in [0.2, 0.25) is 0 Å². The zero-order valence-electron chi connectivity index (χ0n) is 19.2. The fraction of sp³-hybridized carbons (Fsp3) is 0.280. The summed E-state index contributed by atoms with van der Waals surface area (Å²) in [6.07, 6.45) is -9.06. The molecule has 188 valence electrons. The lowest BCUT2D eigenvalue weighted by atomic mass is 10.2. The van der Waals surface area contributed by atoms with E-state index in [1.54, 1.807) is 28.3 Å². The standard InChI is InChI=1S/C25H24F6NOPS/c1-17(2)16-32(35(33)23-14-4-18(3)5-15-23)34(21-10-6-19(7-11-21)24(26,27)28)22-12-8-20(9-13-22)25(29,30)31/h4-15,17H,16H2,1-3H3. The Morgan fingerprint density at radius 3 is 1.49 bits per heavy atom. The number of hydrogen-bond donors (Lipinski definition) is 0. The summed E-state index contributed by atoms with van der Waals surface area (Å²) in [5.74, 6) is 0.0262. The Morgan fingerprint density at radius 1 is 0.743 bits per heavy atom. The predicted molar refractivity (Wildman–Crippen MR) is 128 cm³/mol. The van der Waals surface area contributed by atoms with Crippen LogP contribution in [0.3, 0.4) is 0 Å². The lowest BCUT2D eigenvalue weighted by Crippen LogP contribution is -2.33. The number of aryl methyl sites for hydroxylation is 1. The number of rotatable bonds is 7. The van der Waals surface area contributed by atoms with Crippen LogP contribution in [0.15, 0.2) is 77.7 Å². The summed E-state index contributed by atoms with van der Waals surface area (Å²) in [5, 5.41) is 0.905. The van der Waals surface area contributed by atoms with Crippen molar-refractivity contribution in [1.29, 1.82) is 0 Å². The van der Waals surface area contributed by atoms with Gasteiger partial charge in [0, 0.05) is 14.6 Å². The van der Waals surface area contributed by atoms with Crippen molar-refractivity contribution in [3.8, 4) is 0 Å². The third-order valence-electron chi connectivity index (χ3n) is 5.04. The van der Waals surface area contributed by atoms with Gasteiger partial charge in [0.1, 0.15) is 11.0 Å². The van der Waals surface area contributed by atoms with Gasteiger partial charge in [-0.15, -0.1) is 0 Å². The molecule has 3 rings (SSSR count). The summed E-state index contributed by atoms with van der Waals surface area (Å²) < 4.78 is 94.3. The van der Waals surface area contributed by atoms with Crippen LogP contribution in [0, 0.1) is 12.8 Å². The lowest BCUT2D eigenvalue weighted by Gasteiger charge is -2.32. The zero-order valence-corrected chi connectivity index (χ0v) is 20.9.